The van der Waals surface area contributed by atoms with Crippen LogP contribution in [0.4, 0.5) is 8.78 Å². The van der Waals surface area contributed by atoms with Crippen molar-refractivity contribution in [3.8, 4) is 0 Å². The summed E-state index contributed by atoms with van der Waals surface area (Å²) in [5.74, 6) is -2.67. The van der Waals surface area contributed by atoms with Crippen LogP contribution >= 0.6 is 0 Å². The molecular formula is C16H28F2N2O. The Bertz CT molecular complexity index is 344. The molecule has 21 heavy (non-hydrogen) atoms. The van der Waals surface area contributed by atoms with Gasteiger partial charge < -0.3 is 10.2 Å². The van der Waals surface area contributed by atoms with Gasteiger partial charge in [0.1, 0.15) is 0 Å². The Morgan fingerprint density at radius 1 is 1.14 bits per heavy atom. The van der Waals surface area contributed by atoms with Crippen molar-refractivity contribution in [2.24, 2.45) is 5.92 Å². The molecule has 1 amide bonds. The molecule has 0 heterocycles. The normalized spacial score (nSPS) is 30.1. The molecule has 5 heteroatoms. The largest absolute Gasteiger partial charge is 0.343 e. The molecule has 0 unspecified atom stereocenters. The first-order chi connectivity index (χ1) is 9.93. The maximum Gasteiger partial charge on any atom is 0.248 e. The average Bonchev–Trinajstić information content (AvgIpc) is 2.47. The van der Waals surface area contributed by atoms with Crippen molar-refractivity contribution in [1.29, 1.82) is 0 Å². The van der Waals surface area contributed by atoms with Crippen LogP contribution in [-0.2, 0) is 4.79 Å². The minimum Gasteiger partial charge on any atom is -0.343 e. The maximum absolute atomic E-state index is 13.2. The molecular weight excluding hydrogens is 274 g/mol. The fourth-order valence-corrected chi connectivity index (χ4v) is 3.71. The van der Waals surface area contributed by atoms with Crippen LogP contribution in [0.15, 0.2) is 0 Å². The molecule has 0 aliphatic heterocycles. The summed E-state index contributed by atoms with van der Waals surface area (Å²) in [6, 6.07) is 0.859. The summed E-state index contributed by atoms with van der Waals surface area (Å²) in [6.45, 7) is 3.10. The van der Waals surface area contributed by atoms with Crippen molar-refractivity contribution in [2.45, 2.75) is 76.3 Å². The van der Waals surface area contributed by atoms with Gasteiger partial charge in [-0.2, -0.15) is 0 Å². The lowest BCUT2D eigenvalue weighted by Gasteiger charge is -2.38. The van der Waals surface area contributed by atoms with E-state index < -0.39 is 5.92 Å². The minimum absolute atomic E-state index is 0.0809. The van der Waals surface area contributed by atoms with Gasteiger partial charge in [0.15, 0.2) is 0 Å². The highest BCUT2D eigenvalue weighted by atomic mass is 19.3. The SMILES string of the molecule is CCNC1CCC(N(C)C(=O)C2CCC(F)(F)CC2)CC1. The predicted octanol–water partition coefficient (Wildman–Crippen LogP) is 3.19. The van der Waals surface area contributed by atoms with E-state index in [-0.39, 0.29) is 30.7 Å². The number of hydrogen-bond acceptors (Lipinski definition) is 2. The number of halogens is 2. The zero-order valence-electron chi connectivity index (χ0n) is 13.2. The van der Waals surface area contributed by atoms with Crippen molar-refractivity contribution < 1.29 is 13.6 Å². The minimum atomic E-state index is -2.56. The molecule has 1 N–H and O–H groups in total. The lowest BCUT2D eigenvalue weighted by molar-refractivity contribution is -0.141. The first kappa shape index (κ1) is 16.7. The van der Waals surface area contributed by atoms with E-state index in [2.05, 4.69) is 12.2 Å². The zero-order valence-corrected chi connectivity index (χ0v) is 13.2. The molecule has 0 saturated heterocycles. The predicted molar refractivity (Wildman–Crippen MR) is 79.4 cm³/mol. The van der Waals surface area contributed by atoms with Crippen LogP contribution in [0.25, 0.3) is 0 Å². The number of nitrogens with zero attached hydrogens (tertiary/aromatic N) is 1. The second-order valence-corrected chi connectivity index (χ2v) is 6.64. The highest BCUT2D eigenvalue weighted by Gasteiger charge is 2.39. The van der Waals surface area contributed by atoms with Gasteiger partial charge >= 0.3 is 0 Å². The number of nitrogens with one attached hydrogen (secondary N) is 1. The fraction of sp³-hybridized carbons (Fsp3) is 0.938. The van der Waals surface area contributed by atoms with Gasteiger partial charge in [-0.15, -0.1) is 0 Å². The van der Waals surface area contributed by atoms with Crippen LogP contribution in [0.2, 0.25) is 0 Å². The molecule has 3 nitrogen and oxygen atoms in total. The van der Waals surface area contributed by atoms with Gasteiger partial charge in [0.2, 0.25) is 11.8 Å². The summed E-state index contributed by atoms with van der Waals surface area (Å²) < 4.78 is 26.4. The van der Waals surface area contributed by atoms with E-state index in [0.29, 0.717) is 18.9 Å². The first-order valence-electron chi connectivity index (χ1n) is 8.31. The van der Waals surface area contributed by atoms with Gasteiger partial charge in [-0.3, -0.25) is 4.79 Å². The first-order valence-corrected chi connectivity index (χ1v) is 8.31. The van der Waals surface area contributed by atoms with Crippen LogP contribution in [0.1, 0.15) is 58.3 Å². The Morgan fingerprint density at radius 3 is 2.24 bits per heavy atom. The quantitative estimate of drug-likeness (QED) is 0.865. The van der Waals surface area contributed by atoms with Crippen molar-refractivity contribution in [3.63, 3.8) is 0 Å². The van der Waals surface area contributed by atoms with Gasteiger partial charge in [-0.05, 0) is 45.1 Å². The van der Waals surface area contributed by atoms with Crippen LogP contribution < -0.4 is 5.32 Å². The summed E-state index contributed by atoms with van der Waals surface area (Å²) in [7, 11) is 1.85. The average molecular weight is 302 g/mol. The van der Waals surface area contributed by atoms with Crippen molar-refractivity contribution in [3.05, 3.63) is 0 Å². The van der Waals surface area contributed by atoms with E-state index in [9.17, 15) is 13.6 Å². The smallest absolute Gasteiger partial charge is 0.248 e. The summed E-state index contributed by atoms with van der Waals surface area (Å²) in [5, 5.41) is 3.46. The highest BCUT2D eigenvalue weighted by molar-refractivity contribution is 5.79. The Kier molecular flexibility index (Phi) is 5.58. The Balaban J connectivity index is 1.80. The van der Waals surface area contributed by atoms with Crippen molar-refractivity contribution in [1.82, 2.24) is 10.2 Å². The third-order valence-corrected chi connectivity index (χ3v) is 5.15. The van der Waals surface area contributed by atoms with Gasteiger partial charge in [-0.25, -0.2) is 8.78 Å². The lowest BCUT2D eigenvalue weighted by atomic mass is 9.84. The summed E-state index contributed by atoms with van der Waals surface area (Å²) >= 11 is 0. The molecule has 0 atom stereocenters. The molecule has 0 spiro atoms. The third kappa shape index (κ3) is 4.38. The second-order valence-electron chi connectivity index (χ2n) is 6.64. The van der Waals surface area contributed by atoms with Crippen LogP contribution in [0, 0.1) is 5.92 Å². The van der Waals surface area contributed by atoms with Crippen molar-refractivity contribution in [2.75, 3.05) is 13.6 Å². The van der Waals surface area contributed by atoms with E-state index >= 15 is 0 Å². The molecule has 0 bridgehead atoms. The van der Waals surface area contributed by atoms with E-state index in [1.165, 1.54) is 0 Å². The summed E-state index contributed by atoms with van der Waals surface area (Å²) in [4.78, 5) is 14.3. The highest BCUT2D eigenvalue weighted by Crippen LogP contribution is 2.37. The molecule has 2 aliphatic rings. The Hall–Kier alpha value is -0.710. The number of carbonyl (C=O) groups excluding carboxylic acids is 1. The van der Waals surface area contributed by atoms with Gasteiger partial charge in [0, 0.05) is 37.9 Å². The maximum atomic E-state index is 13.2. The molecule has 2 saturated carbocycles. The topological polar surface area (TPSA) is 32.3 Å². The van der Waals surface area contributed by atoms with Crippen molar-refractivity contribution >= 4 is 5.91 Å². The standard InChI is InChI=1S/C16H28F2N2O/c1-3-19-13-4-6-14(7-5-13)20(2)15(21)12-8-10-16(17,18)11-9-12/h12-14,19H,3-11H2,1-2H3. The molecule has 0 radical (unpaired) electrons. The van der Waals surface area contributed by atoms with Gasteiger partial charge in [-0.1, -0.05) is 6.92 Å². The zero-order chi connectivity index (χ0) is 15.5. The summed E-state index contributed by atoms with van der Waals surface area (Å²) in [5.41, 5.74) is 0. The fourth-order valence-electron chi connectivity index (χ4n) is 3.71. The third-order valence-electron chi connectivity index (χ3n) is 5.15. The van der Waals surface area contributed by atoms with E-state index in [0.717, 1.165) is 32.2 Å². The number of rotatable bonds is 4. The number of alkyl halides is 2. The lowest BCUT2D eigenvalue weighted by Crippen LogP contribution is -2.46. The van der Waals surface area contributed by atoms with Gasteiger partial charge in [0.05, 0.1) is 0 Å². The van der Waals surface area contributed by atoms with E-state index in [4.69, 9.17) is 0 Å². The van der Waals surface area contributed by atoms with E-state index in [1.54, 1.807) is 0 Å². The Labute approximate surface area is 126 Å². The van der Waals surface area contributed by atoms with Gasteiger partial charge in [0.25, 0.3) is 0 Å². The molecule has 2 rings (SSSR count). The number of carbonyl (C=O) groups is 1. The summed E-state index contributed by atoms with van der Waals surface area (Å²) in [6.07, 6.45) is 4.63. The van der Waals surface area contributed by atoms with Crippen LogP contribution in [0.5, 0.6) is 0 Å². The number of amides is 1. The molecule has 2 aliphatic carbocycles. The van der Waals surface area contributed by atoms with E-state index in [1.807, 2.05) is 11.9 Å². The monoisotopic (exact) mass is 302 g/mol. The van der Waals surface area contributed by atoms with Crippen LogP contribution in [0.3, 0.4) is 0 Å². The second kappa shape index (κ2) is 7.03. The molecule has 2 fully saturated rings. The molecule has 0 aromatic heterocycles. The Morgan fingerprint density at radius 2 is 1.71 bits per heavy atom. The molecule has 122 valence electrons. The number of hydrogen-bond donors (Lipinski definition) is 1. The molecule has 0 aromatic carbocycles. The van der Waals surface area contributed by atoms with Crippen LogP contribution in [-0.4, -0.2) is 42.4 Å². The molecule has 0 aromatic rings.